The van der Waals surface area contributed by atoms with Crippen LogP contribution in [0, 0.1) is 5.92 Å². The van der Waals surface area contributed by atoms with Gasteiger partial charge in [0.2, 0.25) is 5.91 Å². The summed E-state index contributed by atoms with van der Waals surface area (Å²) < 4.78 is 1.43. The molecule has 6 nitrogen and oxygen atoms in total. The van der Waals surface area contributed by atoms with Crippen LogP contribution in [0.4, 0.5) is 0 Å². The van der Waals surface area contributed by atoms with E-state index in [0.29, 0.717) is 25.9 Å². The Labute approximate surface area is 122 Å². The second kappa shape index (κ2) is 5.79. The predicted octanol–water partition coefficient (Wildman–Crippen LogP) is 0.217. The van der Waals surface area contributed by atoms with Crippen molar-refractivity contribution in [3.63, 3.8) is 0 Å². The van der Waals surface area contributed by atoms with Gasteiger partial charge in [-0.05, 0) is 31.2 Å². The van der Waals surface area contributed by atoms with E-state index in [0.717, 1.165) is 36.9 Å². The van der Waals surface area contributed by atoms with Gasteiger partial charge in [0.1, 0.15) is 5.78 Å². The lowest BCUT2D eigenvalue weighted by atomic mass is 9.83. The van der Waals surface area contributed by atoms with Gasteiger partial charge in [-0.25, -0.2) is 4.68 Å². The second-order valence-electron chi connectivity index (χ2n) is 5.82. The minimum atomic E-state index is -0.175. The van der Waals surface area contributed by atoms with Crippen molar-refractivity contribution < 1.29 is 9.59 Å². The number of aromatic nitrogens is 2. The molecule has 0 atom stereocenters. The molecule has 0 spiro atoms. The Balaban J connectivity index is 1.56. The Morgan fingerprint density at radius 1 is 1.29 bits per heavy atom. The summed E-state index contributed by atoms with van der Waals surface area (Å²) in [7, 11) is 0. The number of nitrogens with one attached hydrogen (secondary N) is 1. The SMILES string of the molecule is O=C1CC(C(=O)NCCn2nc3c(cc2=O)CCCC3)C1. The number of hydrogen-bond donors (Lipinski definition) is 1. The van der Waals surface area contributed by atoms with Crippen molar-refractivity contribution in [2.24, 2.45) is 5.92 Å². The summed E-state index contributed by atoms with van der Waals surface area (Å²) in [4.78, 5) is 34.5. The van der Waals surface area contributed by atoms with Crippen molar-refractivity contribution in [2.45, 2.75) is 45.1 Å². The first-order chi connectivity index (χ1) is 10.1. The summed E-state index contributed by atoms with van der Waals surface area (Å²) in [6.45, 7) is 0.744. The molecule has 1 N–H and O–H groups in total. The monoisotopic (exact) mass is 289 g/mol. The van der Waals surface area contributed by atoms with Gasteiger partial charge in [-0.3, -0.25) is 14.4 Å². The quantitative estimate of drug-likeness (QED) is 0.859. The number of rotatable bonds is 4. The van der Waals surface area contributed by atoms with Crippen LogP contribution in [0.15, 0.2) is 10.9 Å². The molecule has 1 fully saturated rings. The van der Waals surface area contributed by atoms with Crippen LogP contribution in [0.25, 0.3) is 0 Å². The fourth-order valence-electron chi connectivity index (χ4n) is 2.87. The molecule has 1 heterocycles. The molecular formula is C15H19N3O3. The van der Waals surface area contributed by atoms with Gasteiger partial charge in [0, 0.05) is 25.5 Å². The van der Waals surface area contributed by atoms with E-state index in [1.807, 2.05) is 0 Å². The van der Waals surface area contributed by atoms with Gasteiger partial charge in [-0.2, -0.15) is 5.10 Å². The molecule has 0 radical (unpaired) electrons. The summed E-state index contributed by atoms with van der Waals surface area (Å²) in [6.07, 6.45) is 4.79. The van der Waals surface area contributed by atoms with Gasteiger partial charge >= 0.3 is 0 Å². The second-order valence-corrected chi connectivity index (χ2v) is 5.82. The lowest BCUT2D eigenvalue weighted by molar-refractivity contribution is -0.138. The molecule has 0 unspecified atom stereocenters. The average molecular weight is 289 g/mol. The van der Waals surface area contributed by atoms with Crippen molar-refractivity contribution in [1.29, 1.82) is 0 Å². The normalized spacial score (nSPS) is 18.0. The number of Topliss-reactive ketones (excluding diaryl/α,β-unsaturated/α-hetero) is 1. The van der Waals surface area contributed by atoms with Crippen LogP contribution in [-0.4, -0.2) is 28.0 Å². The minimum absolute atomic E-state index is 0.0967. The highest BCUT2D eigenvalue weighted by atomic mass is 16.2. The Hall–Kier alpha value is -1.98. The first kappa shape index (κ1) is 14.0. The van der Waals surface area contributed by atoms with E-state index in [2.05, 4.69) is 10.4 Å². The van der Waals surface area contributed by atoms with Crippen molar-refractivity contribution in [3.05, 3.63) is 27.7 Å². The fraction of sp³-hybridized carbons (Fsp3) is 0.600. The summed E-state index contributed by atoms with van der Waals surface area (Å²) in [5.74, 6) is -0.131. The van der Waals surface area contributed by atoms with Gasteiger partial charge in [-0.1, -0.05) is 0 Å². The number of aryl methyl sites for hydroxylation is 2. The standard InChI is InChI=1S/C15H19N3O3/c19-12-7-11(8-12)15(21)16-5-6-18-14(20)9-10-3-1-2-4-13(10)17-18/h9,11H,1-8H2,(H,16,21). The van der Waals surface area contributed by atoms with Crippen molar-refractivity contribution in [1.82, 2.24) is 15.1 Å². The molecule has 0 bridgehead atoms. The Morgan fingerprint density at radius 3 is 2.81 bits per heavy atom. The van der Waals surface area contributed by atoms with Crippen LogP contribution in [0.2, 0.25) is 0 Å². The van der Waals surface area contributed by atoms with Crippen LogP contribution in [-0.2, 0) is 29.0 Å². The summed E-state index contributed by atoms with van der Waals surface area (Å²) in [5.41, 5.74) is 1.97. The topological polar surface area (TPSA) is 81.1 Å². The third kappa shape index (κ3) is 3.04. The van der Waals surface area contributed by atoms with Crippen molar-refractivity contribution >= 4 is 11.7 Å². The van der Waals surface area contributed by atoms with Crippen LogP contribution in [0.5, 0.6) is 0 Å². The molecule has 1 aromatic rings. The van der Waals surface area contributed by atoms with E-state index in [1.165, 1.54) is 4.68 Å². The summed E-state index contributed by atoms with van der Waals surface area (Å²) >= 11 is 0. The highest BCUT2D eigenvalue weighted by Gasteiger charge is 2.32. The molecule has 2 aliphatic carbocycles. The van der Waals surface area contributed by atoms with Crippen LogP contribution >= 0.6 is 0 Å². The molecular weight excluding hydrogens is 270 g/mol. The van der Waals surface area contributed by atoms with Crippen molar-refractivity contribution in [3.8, 4) is 0 Å². The lowest BCUT2D eigenvalue weighted by Crippen LogP contribution is -2.41. The Bertz CT molecular complexity index is 628. The molecule has 1 amide bonds. The van der Waals surface area contributed by atoms with E-state index in [9.17, 15) is 14.4 Å². The smallest absolute Gasteiger partial charge is 0.267 e. The lowest BCUT2D eigenvalue weighted by Gasteiger charge is -2.23. The van der Waals surface area contributed by atoms with E-state index >= 15 is 0 Å². The highest BCUT2D eigenvalue weighted by molar-refractivity contribution is 5.96. The third-order valence-electron chi connectivity index (χ3n) is 4.22. The highest BCUT2D eigenvalue weighted by Crippen LogP contribution is 2.22. The van der Waals surface area contributed by atoms with Gasteiger partial charge in [0.15, 0.2) is 0 Å². The number of amides is 1. The molecule has 0 aliphatic heterocycles. The molecule has 1 saturated carbocycles. The molecule has 0 aromatic carbocycles. The number of ketones is 1. The zero-order chi connectivity index (χ0) is 14.8. The number of fused-ring (bicyclic) bond motifs is 1. The summed E-state index contributed by atoms with van der Waals surface area (Å²) in [6, 6.07) is 1.67. The predicted molar refractivity (Wildman–Crippen MR) is 75.9 cm³/mol. The van der Waals surface area contributed by atoms with E-state index in [4.69, 9.17) is 0 Å². The van der Waals surface area contributed by atoms with E-state index < -0.39 is 0 Å². The maximum absolute atomic E-state index is 12.0. The number of carbonyl (C=O) groups is 2. The fourth-order valence-corrected chi connectivity index (χ4v) is 2.87. The zero-order valence-electron chi connectivity index (χ0n) is 11.9. The molecule has 0 saturated heterocycles. The van der Waals surface area contributed by atoms with Crippen molar-refractivity contribution in [2.75, 3.05) is 6.54 Å². The molecule has 2 aliphatic rings. The van der Waals surface area contributed by atoms with Gasteiger partial charge in [0.05, 0.1) is 18.2 Å². The third-order valence-corrected chi connectivity index (χ3v) is 4.22. The molecule has 21 heavy (non-hydrogen) atoms. The zero-order valence-corrected chi connectivity index (χ0v) is 11.9. The van der Waals surface area contributed by atoms with Crippen LogP contribution < -0.4 is 10.9 Å². The van der Waals surface area contributed by atoms with E-state index in [-0.39, 0.29) is 23.2 Å². The first-order valence-electron chi connectivity index (χ1n) is 7.53. The molecule has 1 aromatic heterocycles. The maximum atomic E-state index is 12.0. The minimum Gasteiger partial charge on any atom is -0.354 e. The Morgan fingerprint density at radius 2 is 2.05 bits per heavy atom. The maximum Gasteiger partial charge on any atom is 0.267 e. The van der Waals surface area contributed by atoms with Gasteiger partial charge in [-0.15, -0.1) is 0 Å². The van der Waals surface area contributed by atoms with Crippen LogP contribution in [0.1, 0.15) is 36.9 Å². The number of hydrogen-bond acceptors (Lipinski definition) is 4. The molecule has 6 heteroatoms. The summed E-state index contributed by atoms with van der Waals surface area (Å²) in [5, 5.41) is 7.17. The van der Waals surface area contributed by atoms with Gasteiger partial charge < -0.3 is 5.32 Å². The first-order valence-corrected chi connectivity index (χ1v) is 7.53. The number of nitrogens with zero attached hydrogens (tertiary/aromatic N) is 2. The molecule has 112 valence electrons. The molecule has 3 rings (SSSR count). The average Bonchev–Trinajstić information content (AvgIpc) is 2.44. The van der Waals surface area contributed by atoms with Gasteiger partial charge in [0.25, 0.3) is 5.56 Å². The van der Waals surface area contributed by atoms with Crippen LogP contribution in [0.3, 0.4) is 0 Å². The Kier molecular flexibility index (Phi) is 3.86. The van der Waals surface area contributed by atoms with E-state index in [1.54, 1.807) is 6.07 Å². The number of carbonyl (C=O) groups excluding carboxylic acids is 2. The largest absolute Gasteiger partial charge is 0.354 e.